The zero-order valence-electron chi connectivity index (χ0n) is 11.7. The number of rotatable bonds is 9. The van der Waals surface area contributed by atoms with Crippen molar-refractivity contribution in [1.82, 2.24) is 5.32 Å². The normalized spacial score (nSPS) is 11.1. The molecule has 1 N–H and O–H groups in total. The van der Waals surface area contributed by atoms with Crippen molar-refractivity contribution in [3.63, 3.8) is 0 Å². The van der Waals surface area contributed by atoms with E-state index < -0.39 is 0 Å². The van der Waals surface area contributed by atoms with E-state index in [-0.39, 0.29) is 0 Å². The second-order valence-corrected chi connectivity index (χ2v) is 5.75. The molecule has 1 rings (SSSR count). The maximum absolute atomic E-state index is 5.02. The molecule has 0 saturated carbocycles. The Hall–Kier alpha value is -0.510. The lowest BCUT2D eigenvalue weighted by Crippen LogP contribution is -2.18. The lowest BCUT2D eigenvalue weighted by atomic mass is 10.2. The average Bonchev–Trinajstić information content (AvgIpc) is 2.41. The van der Waals surface area contributed by atoms with Crippen molar-refractivity contribution in [1.29, 1.82) is 0 Å². The average molecular weight is 267 g/mol. The summed E-state index contributed by atoms with van der Waals surface area (Å²) in [5.41, 5.74) is 1.35. The minimum absolute atomic E-state index is 0.738. The molecule has 0 spiro atoms. The SMILES string of the molecule is CCC(CC)Sc1cccc(CNCCOC)c1. The molecule has 0 fully saturated rings. The summed E-state index contributed by atoms with van der Waals surface area (Å²) >= 11 is 1.99. The molecule has 0 atom stereocenters. The van der Waals surface area contributed by atoms with Crippen LogP contribution in [0.2, 0.25) is 0 Å². The van der Waals surface area contributed by atoms with Gasteiger partial charge in [0.15, 0.2) is 0 Å². The second kappa shape index (κ2) is 9.42. The van der Waals surface area contributed by atoms with Crippen LogP contribution < -0.4 is 5.32 Å². The van der Waals surface area contributed by atoms with E-state index in [1.165, 1.54) is 23.3 Å². The highest BCUT2D eigenvalue weighted by molar-refractivity contribution is 8.00. The van der Waals surface area contributed by atoms with E-state index in [0.29, 0.717) is 0 Å². The molecule has 102 valence electrons. The third-order valence-corrected chi connectivity index (χ3v) is 4.45. The summed E-state index contributed by atoms with van der Waals surface area (Å²) in [5, 5.41) is 4.11. The van der Waals surface area contributed by atoms with Gasteiger partial charge in [0.1, 0.15) is 0 Å². The number of ether oxygens (including phenoxy) is 1. The van der Waals surface area contributed by atoms with Crippen LogP contribution in [0, 0.1) is 0 Å². The Morgan fingerprint density at radius 3 is 2.72 bits per heavy atom. The number of hydrogen-bond acceptors (Lipinski definition) is 3. The first kappa shape index (κ1) is 15.5. The molecule has 3 heteroatoms. The fraction of sp³-hybridized carbons (Fsp3) is 0.600. The van der Waals surface area contributed by atoms with Gasteiger partial charge in [-0.3, -0.25) is 0 Å². The van der Waals surface area contributed by atoms with Gasteiger partial charge in [-0.05, 0) is 30.5 Å². The molecule has 0 aliphatic heterocycles. The first-order valence-corrected chi connectivity index (χ1v) is 7.63. The van der Waals surface area contributed by atoms with Crippen LogP contribution in [-0.4, -0.2) is 25.5 Å². The van der Waals surface area contributed by atoms with Gasteiger partial charge in [0.25, 0.3) is 0 Å². The molecule has 0 radical (unpaired) electrons. The summed E-state index contributed by atoms with van der Waals surface area (Å²) in [7, 11) is 1.73. The van der Waals surface area contributed by atoms with Crippen LogP contribution in [0.25, 0.3) is 0 Å². The van der Waals surface area contributed by atoms with Gasteiger partial charge in [0, 0.05) is 30.3 Å². The minimum atomic E-state index is 0.738. The van der Waals surface area contributed by atoms with Gasteiger partial charge in [-0.15, -0.1) is 11.8 Å². The molecule has 1 aromatic carbocycles. The van der Waals surface area contributed by atoms with Gasteiger partial charge in [-0.2, -0.15) is 0 Å². The highest BCUT2D eigenvalue weighted by Gasteiger charge is 2.05. The lowest BCUT2D eigenvalue weighted by Gasteiger charge is -2.12. The Morgan fingerprint density at radius 1 is 1.28 bits per heavy atom. The third-order valence-electron chi connectivity index (χ3n) is 2.92. The number of thioether (sulfide) groups is 1. The molecule has 0 amide bonds. The molecule has 0 aliphatic carbocycles. The zero-order valence-corrected chi connectivity index (χ0v) is 12.6. The first-order chi connectivity index (χ1) is 8.80. The molecule has 1 aromatic rings. The smallest absolute Gasteiger partial charge is 0.0587 e. The Balaban J connectivity index is 2.45. The summed E-state index contributed by atoms with van der Waals surface area (Å²) in [6.07, 6.45) is 2.47. The Labute approximate surface area is 116 Å². The van der Waals surface area contributed by atoms with E-state index in [0.717, 1.165) is 24.9 Å². The molecule has 0 saturated heterocycles. The highest BCUT2D eigenvalue weighted by atomic mass is 32.2. The van der Waals surface area contributed by atoms with Crippen molar-refractivity contribution in [3.05, 3.63) is 29.8 Å². The van der Waals surface area contributed by atoms with Crippen molar-refractivity contribution in [2.24, 2.45) is 0 Å². The quantitative estimate of drug-likeness (QED) is 0.544. The fourth-order valence-electron chi connectivity index (χ4n) is 1.78. The molecule has 0 aliphatic rings. The Morgan fingerprint density at radius 2 is 2.06 bits per heavy atom. The zero-order chi connectivity index (χ0) is 13.2. The monoisotopic (exact) mass is 267 g/mol. The molecule has 0 aromatic heterocycles. The maximum Gasteiger partial charge on any atom is 0.0587 e. The van der Waals surface area contributed by atoms with Crippen LogP contribution in [0.1, 0.15) is 32.3 Å². The minimum Gasteiger partial charge on any atom is -0.383 e. The second-order valence-electron chi connectivity index (χ2n) is 4.37. The van der Waals surface area contributed by atoms with Crippen LogP contribution in [0.3, 0.4) is 0 Å². The number of benzene rings is 1. The van der Waals surface area contributed by atoms with E-state index in [1.807, 2.05) is 11.8 Å². The largest absolute Gasteiger partial charge is 0.383 e. The van der Waals surface area contributed by atoms with Gasteiger partial charge in [0.05, 0.1) is 6.61 Å². The van der Waals surface area contributed by atoms with E-state index >= 15 is 0 Å². The van der Waals surface area contributed by atoms with Gasteiger partial charge in [-0.25, -0.2) is 0 Å². The van der Waals surface area contributed by atoms with Crippen LogP contribution in [0.4, 0.5) is 0 Å². The fourth-order valence-corrected chi connectivity index (χ4v) is 2.88. The topological polar surface area (TPSA) is 21.3 Å². The summed E-state index contributed by atoms with van der Waals surface area (Å²) in [6.45, 7) is 7.11. The van der Waals surface area contributed by atoms with Gasteiger partial charge < -0.3 is 10.1 Å². The van der Waals surface area contributed by atoms with Crippen molar-refractivity contribution in [2.45, 2.75) is 43.4 Å². The van der Waals surface area contributed by atoms with Crippen LogP contribution in [-0.2, 0) is 11.3 Å². The van der Waals surface area contributed by atoms with Gasteiger partial charge >= 0.3 is 0 Å². The number of methoxy groups -OCH3 is 1. The van der Waals surface area contributed by atoms with Crippen molar-refractivity contribution in [2.75, 3.05) is 20.3 Å². The molecule has 0 unspecified atom stereocenters. The molecular formula is C15H25NOS. The Bertz CT molecular complexity index is 326. The Kier molecular flexibility index (Phi) is 8.14. The highest BCUT2D eigenvalue weighted by Crippen LogP contribution is 2.27. The molecule has 0 bridgehead atoms. The first-order valence-electron chi connectivity index (χ1n) is 6.75. The van der Waals surface area contributed by atoms with E-state index in [1.54, 1.807) is 7.11 Å². The summed E-state index contributed by atoms with van der Waals surface area (Å²) in [5.74, 6) is 0. The predicted molar refractivity (Wildman–Crippen MR) is 80.3 cm³/mol. The van der Waals surface area contributed by atoms with Crippen LogP contribution in [0.15, 0.2) is 29.2 Å². The maximum atomic E-state index is 5.02. The lowest BCUT2D eigenvalue weighted by molar-refractivity contribution is 0.199. The van der Waals surface area contributed by atoms with Gasteiger partial charge in [0.2, 0.25) is 0 Å². The summed E-state index contributed by atoms with van der Waals surface area (Å²) in [6, 6.07) is 8.83. The predicted octanol–water partition coefficient (Wildman–Crippen LogP) is 3.70. The molecular weight excluding hydrogens is 242 g/mol. The van der Waals surface area contributed by atoms with E-state index in [2.05, 4.69) is 43.4 Å². The van der Waals surface area contributed by atoms with E-state index in [4.69, 9.17) is 4.74 Å². The van der Waals surface area contributed by atoms with Crippen molar-refractivity contribution >= 4 is 11.8 Å². The molecule has 18 heavy (non-hydrogen) atoms. The standard InChI is InChI=1S/C15H25NOS/c1-4-14(5-2)18-15-8-6-7-13(11-15)12-16-9-10-17-3/h6-8,11,14,16H,4-5,9-10,12H2,1-3H3. The summed E-state index contributed by atoms with van der Waals surface area (Å²) < 4.78 is 5.02. The van der Waals surface area contributed by atoms with Gasteiger partial charge in [-0.1, -0.05) is 26.0 Å². The van der Waals surface area contributed by atoms with E-state index in [9.17, 15) is 0 Å². The number of nitrogens with one attached hydrogen (secondary N) is 1. The molecule has 0 heterocycles. The molecule has 2 nitrogen and oxygen atoms in total. The van der Waals surface area contributed by atoms with Crippen molar-refractivity contribution < 1.29 is 4.74 Å². The van der Waals surface area contributed by atoms with Crippen LogP contribution >= 0.6 is 11.8 Å². The van der Waals surface area contributed by atoms with Crippen LogP contribution in [0.5, 0.6) is 0 Å². The third kappa shape index (κ3) is 5.89. The summed E-state index contributed by atoms with van der Waals surface area (Å²) in [4.78, 5) is 1.38. The number of hydrogen-bond donors (Lipinski definition) is 1. The van der Waals surface area contributed by atoms with Crippen molar-refractivity contribution in [3.8, 4) is 0 Å².